The largest absolute Gasteiger partial charge is 0.271 e. The van der Waals surface area contributed by atoms with Gasteiger partial charge >= 0.3 is 0 Å². The third-order valence-electron chi connectivity index (χ3n) is 4.09. The number of rotatable bonds is 4. The summed E-state index contributed by atoms with van der Waals surface area (Å²) in [5.41, 5.74) is 3.25. The third kappa shape index (κ3) is 3.91. The Hall–Kier alpha value is -0.640. The molecule has 0 heterocycles. The van der Waals surface area contributed by atoms with Crippen molar-refractivity contribution in [3.63, 3.8) is 0 Å². The number of hydrogen-bond acceptors (Lipinski definition) is 2. The quantitative estimate of drug-likeness (QED) is 0.490. The van der Waals surface area contributed by atoms with E-state index < -0.39 is 0 Å². The van der Waals surface area contributed by atoms with E-state index in [9.17, 15) is 4.39 Å². The maximum atomic E-state index is 13.9. The first kappa shape index (κ1) is 14.8. The Morgan fingerprint density at radius 1 is 1.26 bits per heavy atom. The molecule has 1 fully saturated rings. The second-order valence-electron chi connectivity index (χ2n) is 5.45. The molecule has 0 aromatic heterocycles. The molecule has 4 heteroatoms. The van der Waals surface area contributed by atoms with Gasteiger partial charge in [0.2, 0.25) is 0 Å². The lowest BCUT2D eigenvalue weighted by Crippen LogP contribution is -2.30. The van der Waals surface area contributed by atoms with Crippen LogP contribution in [-0.2, 0) is 0 Å². The topological polar surface area (TPSA) is 38.0 Å². The molecule has 1 aliphatic carbocycles. The predicted octanol–water partition coefficient (Wildman–Crippen LogP) is 4.34. The average Bonchev–Trinajstić information content (AvgIpc) is 2.65. The Morgan fingerprint density at radius 2 is 1.95 bits per heavy atom. The van der Waals surface area contributed by atoms with Crippen LogP contribution in [0.5, 0.6) is 0 Å². The minimum Gasteiger partial charge on any atom is -0.271 e. The van der Waals surface area contributed by atoms with Crippen LogP contribution in [0, 0.1) is 11.7 Å². The number of nitrogens with two attached hydrogens (primary N) is 1. The molecule has 0 amide bonds. The van der Waals surface area contributed by atoms with Crippen molar-refractivity contribution in [2.24, 2.45) is 11.8 Å². The minimum absolute atomic E-state index is 0.197. The van der Waals surface area contributed by atoms with Crippen LogP contribution in [0.3, 0.4) is 0 Å². The fourth-order valence-corrected chi connectivity index (χ4v) is 3.34. The molecule has 3 N–H and O–H groups in total. The maximum Gasteiger partial charge on any atom is 0.129 e. The molecule has 19 heavy (non-hydrogen) atoms. The zero-order valence-electron chi connectivity index (χ0n) is 11.2. The molecule has 0 radical (unpaired) electrons. The van der Waals surface area contributed by atoms with E-state index in [-0.39, 0.29) is 11.9 Å². The first-order valence-corrected chi connectivity index (χ1v) is 7.50. The van der Waals surface area contributed by atoms with Crippen molar-refractivity contribution in [2.45, 2.75) is 51.0 Å². The highest BCUT2D eigenvalue weighted by Crippen LogP contribution is 2.34. The van der Waals surface area contributed by atoms with Crippen LogP contribution in [0.4, 0.5) is 4.39 Å². The Morgan fingerprint density at radius 3 is 2.53 bits per heavy atom. The molecule has 1 atom stereocenters. The summed E-state index contributed by atoms with van der Waals surface area (Å²) in [7, 11) is 0. The molecule has 1 saturated carbocycles. The number of nitrogens with one attached hydrogen (secondary N) is 1. The first-order valence-electron chi connectivity index (χ1n) is 7.12. The molecule has 1 aromatic rings. The summed E-state index contributed by atoms with van der Waals surface area (Å²) in [6.07, 6.45) is 8.46. The highest BCUT2D eigenvalue weighted by Gasteiger charge is 2.22. The van der Waals surface area contributed by atoms with Gasteiger partial charge in [-0.2, -0.15) is 0 Å². The van der Waals surface area contributed by atoms with Crippen molar-refractivity contribution < 1.29 is 4.39 Å². The second-order valence-corrected chi connectivity index (χ2v) is 5.86. The van der Waals surface area contributed by atoms with E-state index in [1.54, 1.807) is 12.1 Å². The third-order valence-corrected chi connectivity index (χ3v) is 4.42. The Bertz CT molecular complexity index is 383. The maximum absolute atomic E-state index is 13.9. The lowest BCUT2D eigenvalue weighted by molar-refractivity contribution is 0.353. The van der Waals surface area contributed by atoms with Crippen molar-refractivity contribution in [1.82, 2.24) is 5.43 Å². The monoisotopic (exact) mass is 284 g/mol. The van der Waals surface area contributed by atoms with Crippen molar-refractivity contribution >= 4 is 11.6 Å². The molecular weight excluding hydrogens is 263 g/mol. The Labute approximate surface area is 119 Å². The SMILES string of the molecule is NNC(CC1CCCCCC1)c1c(F)cccc1Cl. The van der Waals surface area contributed by atoms with Gasteiger partial charge in [0.05, 0.1) is 6.04 Å². The van der Waals surface area contributed by atoms with Gasteiger partial charge in [-0.25, -0.2) is 4.39 Å². The summed E-state index contributed by atoms with van der Waals surface area (Å²) in [5, 5.41) is 0.455. The van der Waals surface area contributed by atoms with Gasteiger partial charge < -0.3 is 0 Å². The van der Waals surface area contributed by atoms with Crippen LogP contribution in [0.25, 0.3) is 0 Å². The zero-order valence-corrected chi connectivity index (χ0v) is 11.9. The van der Waals surface area contributed by atoms with Gasteiger partial charge in [0.15, 0.2) is 0 Å². The van der Waals surface area contributed by atoms with Gasteiger partial charge in [-0.3, -0.25) is 11.3 Å². The molecule has 1 aliphatic rings. The van der Waals surface area contributed by atoms with Gasteiger partial charge in [-0.05, 0) is 24.5 Å². The number of halogens is 2. The highest BCUT2D eigenvalue weighted by molar-refractivity contribution is 6.31. The minimum atomic E-state index is -0.274. The Balaban J connectivity index is 2.10. The lowest BCUT2D eigenvalue weighted by Gasteiger charge is -2.23. The fourth-order valence-electron chi connectivity index (χ4n) is 3.05. The van der Waals surface area contributed by atoms with Crippen LogP contribution in [0.15, 0.2) is 18.2 Å². The van der Waals surface area contributed by atoms with Crippen molar-refractivity contribution in [3.8, 4) is 0 Å². The van der Waals surface area contributed by atoms with Gasteiger partial charge in [-0.15, -0.1) is 0 Å². The summed E-state index contributed by atoms with van der Waals surface area (Å²) in [5.74, 6) is 5.96. The Kier molecular flexibility index (Phi) is 5.61. The zero-order chi connectivity index (χ0) is 13.7. The van der Waals surface area contributed by atoms with Crippen molar-refractivity contribution in [2.75, 3.05) is 0 Å². The summed E-state index contributed by atoms with van der Waals surface area (Å²) >= 11 is 6.12. The number of hydrazine groups is 1. The molecule has 0 aliphatic heterocycles. The van der Waals surface area contributed by atoms with Crippen molar-refractivity contribution in [3.05, 3.63) is 34.6 Å². The molecule has 2 nitrogen and oxygen atoms in total. The van der Waals surface area contributed by atoms with E-state index in [1.807, 2.05) is 0 Å². The molecule has 0 bridgehead atoms. The van der Waals surface area contributed by atoms with Gasteiger partial charge in [0.1, 0.15) is 5.82 Å². The number of benzene rings is 1. The van der Waals surface area contributed by atoms with Gasteiger partial charge in [0.25, 0.3) is 0 Å². The van der Waals surface area contributed by atoms with Crippen molar-refractivity contribution in [1.29, 1.82) is 0 Å². The van der Waals surface area contributed by atoms with Crippen LogP contribution < -0.4 is 11.3 Å². The van der Waals surface area contributed by atoms with Crippen LogP contribution in [0.2, 0.25) is 5.02 Å². The smallest absolute Gasteiger partial charge is 0.129 e. The van der Waals surface area contributed by atoms with E-state index in [0.29, 0.717) is 16.5 Å². The molecule has 106 valence electrons. The first-order chi connectivity index (χ1) is 9.22. The molecule has 1 aromatic carbocycles. The number of hydrogen-bond donors (Lipinski definition) is 2. The summed E-state index contributed by atoms with van der Waals surface area (Å²) in [6, 6.07) is 4.59. The van der Waals surface area contributed by atoms with E-state index >= 15 is 0 Å². The second kappa shape index (κ2) is 7.22. The van der Waals surface area contributed by atoms with E-state index in [4.69, 9.17) is 17.4 Å². The van der Waals surface area contributed by atoms with Crippen LogP contribution >= 0.6 is 11.6 Å². The molecular formula is C15H22ClFN2. The average molecular weight is 285 g/mol. The van der Waals surface area contributed by atoms with Crippen LogP contribution in [-0.4, -0.2) is 0 Å². The van der Waals surface area contributed by atoms with Gasteiger partial charge in [-0.1, -0.05) is 56.2 Å². The predicted molar refractivity (Wildman–Crippen MR) is 77.3 cm³/mol. The summed E-state index contributed by atoms with van der Waals surface area (Å²) in [6.45, 7) is 0. The molecule has 2 rings (SSSR count). The van der Waals surface area contributed by atoms with E-state index in [0.717, 1.165) is 6.42 Å². The molecule has 1 unspecified atom stereocenters. The summed E-state index contributed by atoms with van der Waals surface area (Å²) in [4.78, 5) is 0. The molecule has 0 spiro atoms. The van der Waals surface area contributed by atoms with Gasteiger partial charge in [0, 0.05) is 10.6 Å². The lowest BCUT2D eigenvalue weighted by atomic mass is 9.89. The van der Waals surface area contributed by atoms with Crippen LogP contribution in [0.1, 0.15) is 56.6 Å². The molecule has 0 saturated heterocycles. The standard InChI is InChI=1S/C15H22ClFN2/c16-12-8-5-9-13(17)15(12)14(19-18)10-11-6-3-1-2-4-7-11/h5,8-9,11,14,19H,1-4,6-7,10,18H2. The summed E-state index contributed by atoms with van der Waals surface area (Å²) < 4.78 is 13.9. The van der Waals surface area contributed by atoms with E-state index in [1.165, 1.54) is 44.6 Å². The van der Waals surface area contributed by atoms with E-state index in [2.05, 4.69) is 5.43 Å². The highest BCUT2D eigenvalue weighted by atomic mass is 35.5. The normalized spacial score (nSPS) is 19.1. The fraction of sp³-hybridized carbons (Fsp3) is 0.600.